The number of nitrogens with zero attached hydrogens (tertiary/aromatic N) is 1. The second-order valence-corrected chi connectivity index (χ2v) is 15.2. The first-order valence-corrected chi connectivity index (χ1v) is 19.5. The Kier molecular flexibility index (Phi) is 7.39. The highest BCUT2D eigenvalue weighted by Crippen LogP contribution is 2.43. The smallest absolute Gasteiger partial charge is 0.143 e. The van der Waals surface area contributed by atoms with E-state index in [1.807, 2.05) is 11.3 Å². The van der Waals surface area contributed by atoms with Crippen molar-refractivity contribution in [2.75, 3.05) is 4.90 Å². The minimum absolute atomic E-state index is 0.902. The van der Waals surface area contributed by atoms with Gasteiger partial charge in [0.05, 0.1) is 0 Å². The summed E-state index contributed by atoms with van der Waals surface area (Å²) in [7, 11) is 0. The molecule has 11 aromatic rings. The number of anilines is 3. The SMILES string of the molecule is c1ccc(-c2cccc(N(c3ccc(-c4ccc5c(c4)oc4c6ccccc6ccc54)cc3)c3ccc(-c4cccc5c4sc4ccccc45)cc3)c2)cc1. The number of hydrogen-bond acceptors (Lipinski definition) is 3. The summed E-state index contributed by atoms with van der Waals surface area (Å²) in [5.41, 5.74) is 12.3. The summed E-state index contributed by atoms with van der Waals surface area (Å²) in [5, 5.41) is 7.25. The van der Waals surface area contributed by atoms with Gasteiger partial charge in [0.2, 0.25) is 0 Å². The molecular weight excluding hydrogens is 687 g/mol. The van der Waals surface area contributed by atoms with E-state index in [1.165, 1.54) is 47.8 Å². The molecule has 0 radical (unpaired) electrons. The Morgan fingerprint density at radius 2 is 0.982 bits per heavy atom. The lowest BCUT2D eigenvalue weighted by Gasteiger charge is -2.26. The minimum Gasteiger partial charge on any atom is -0.455 e. The van der Waals surface area contributed by atoms with Crippen LogP contribution in [-0.4, -0.2) is 0 Å². The molecule has 0 saturated heterocycles. The zero-order chi connectivity index (χ0) is 36.3. The summed E-state index contributed by atoms with van der Waals surface area (Å²) in [6.07, 6.45) is 0. The van der Waals surface area contributed by atoms with Crippen LogP contribution in [0.5, 0.6) is 0 Å². The van der Waals surface area contributed by atoms with Crippen LogP contribution < -0.4 is 4.90 Å². The summed E-state index contributed by atoms with van der Waals surface area (Å²) in [6, 6.07) is 72.1. The molecule has 0 N–H and O–H groups in total. The summed E-state index contributed by atoms with van der Waals surface area (Å²) in [4.78, 5) is 2.35. The Labute approximate surface area is 322 Å². The molecule has 3 heteroatoms. The highest BCUT2D eigenvalue weighted by atomic mass is 32.1. The molecule has 2 nitrogen and oxygen atoms in total. The fraction of sp³-hybridized carbons (Fsp3) is 0. The van der Waals surface area contributed by atoms with Crippen molar-refractivity contribution >= 4 is 81.3 Å². The number of hydrogen-bond donors (Lipinski definition) is 0. The molecule has 0 spiro atoms. The van der Waals surface area contributed by atoms with Gasteiger partial charge in [-0.05, 0) is 99.4 Å². The molecule has 9 aromatic carbocycles. The van der Waals surface area contributed by atoms with Gasteiger partial charge in [0.25, 0.3) is 0 Å². The van der Waals surface area contributed by atoms with Crippen LogP contribution in [0.3, 0.4) is 0 Å². The van der Waals surface area contributed by atoms with Crippen molar-refractivity contribution in [2.24, 2.45) is 0 Å². The standard InChI is InChI=1S/C52H33NOS/c1-2-10-34(11-3-1)38-13-8-14-42(32-38)53(41-28-22-37(23-29-41)44-17-9-18-48-46-16-6-7-19-50(46)55-52(44)48)40-26-20-35(21-27-40)39-25-30-45-47-31-24-36-12-4-5-15-43(36)51(47)54-49(45)33-39/h1-33H. The maximum atomic E-state index is 6.53. The van der Waals surface area contributed by atoms with Crippen molar-refractivity contribution in [1.29, 1.82) is 0 Å². The normalized spacial score (nSPS) is 11.6. The summed E-state index contributed by atoms with van der Waals surface area (Å²) in [5.74, 6) is 0. The second-order valence-electron chi connectivity index (χ2n) is 14.1. The van der Waals surface area contributed by atoms with E-state index < -0.39 is 0 Å². The molecule has 0 bridgehead atoms. The Bertz CT molecular complexity index is 3190. The van der Waals surface area contributed by atoms with Gasteiger partial charge >= 0.3 is 0 Å². The zero-order valence-corrected chi connectivity index (χ0v) is 30.6. The van der Waals surface area contributed by atoms with Gasteiger partial charge in [-0.25, -0.2) is 0 Å². The van der Waals surface area contributed by atoms with Gasteiger partial charge in [-0.15, -0.1) is 11.3 Å². The van der Waals surface area contributed by atoms with Gasteiger partial charge in [-0.2, -0.15) is 0 Å². The molecule has 11 rings (SSSR count). The van der Waals surface area contributed by atoms with E-state index in [0.717, 1.165) is 55.5 Å². The average molecular weight is 720 g/mol. The molecular formula is C52H33NOS. The van der Waals surface area contributed by atoms with Gasteiger partial charge in [0.1, 0.15) is 11.2 Å². The molecule has 0 aliphatic heterocycles. The van der Waals surface area contributed by atoms with Crippen LogP contribution >= 0.6 is 11.3 Å². The van der Waals surface area contributed by atoms with Crippen molar-refractivity contribution in [3.05, 3.63) is 200 Å². The molecule has 0 aliphatic rings. The number of rotatable bonds is 6. The third-order valence-electron chi connectivity index (χ3n) is 10.9. The predicted octanol–water partition coefficient (Wildman–Crippen LogP) is 15.6. The number of fused-ring (bicyclic) bond motifs is 8. The predicted molar refractivity (Wildman–Crippen MR) is 235 cm³/mol. The maximum Gasteiger partial charge on any atom is 0.143 e. The minimum atomic E-state index is 0.902. The molecule has 0 fully saturated rings. The monoisotopic (exact) mass is 719 g/mol. The van der Waals surface area contributed by atoms with Crippen LogP contribution in [0.25, 0.3) is 86.3 Å². The fourth-order valence-electron chi connectivity index (χ4n) is 8.15. The van der Waals surface area contributed by atoms with Crippen LogP contribution in [0.2, 0.25) is 0 Å². The molecule has 258 valence electrons. The van der Waals surface area contributed by atoms with Crippen molar-refractivity contribution < 1.29 is 4.42 Å². The van der Waals surface area contributed by atoms with Gasteiger partial charge < -0.3 is 9.32 Å². The van der Waals surface area contributed by atoms with Gasteiger partial charge in [-0.1, -0.05) is 140 Å². The number of thiophene rings is 1. The summed E-state index contributed by atoms with van der Waals surface area (Å²) in [6.45, 7) is 0. The zero-order valence-electron chi connectivity index (χ0n) is 29.8. The van der Waals surface area contributed by atoms with E-state index in [0.29, 0.717) is 0 Å². The quantitative estimate of drug-likeness (QED) is 0.170. The Morgan fingerprint density at radius 1 is 0.364 bits per heavy atom. The van der Waals surface area contributed by atoms with E-state index in [1.54, 1.807) is 0 Å². The molecule has 0 aliphatic carbocycles. The van der Waals surface area contributed by atoms with Crippen molar-refractivity contribution in [1.82, 2.24) is 0 Å². The summed E-state index contributed by atoms with van der Waals surface area (Å²) < 4.78 is 9.17. The highest BCUT2D eigenvalue weighted by molar-refractivity contribution is 7.26. The molecule has 0 saturated carbocycles. The fourth-order valence-corrected chi connectivity index (χ4v) is 9.39. The van der Waals surface area contributed by atoms with E-state index in [2.05, 4.69) is 205 Å². The molecule has 0 unspecified atom stereocenters. The Balaban J connectivity index is 0.989. The van der Waals surface area contributed by atoms with E-state index in [4.69, 9.17) is 4.42 Å². The first kappa shape index (κ1) is 31.6. The molecule has 55 heavy (non-hydrogen) atoms. The third kappa shape index (κ3) is 5.40. The van der Waals surface area contributed by atoms with E-state index >= 15 is 0 Å². The third-order valence-corrected chi connectivity index (χ3v) is 12.1. The number of benzene rings is 9. The first-order chi connectivity index (χ1) is 27.2. The van der Waals surface area contributed by atoms with Crippen molar-refractivity contribution in [3.8, 4) is 33.4 Å². The van der Waals surface area contributed by atoms with Crippen LogP contribution in [-0.2, 0) is 0 Å². The first-order valence-electron chi connectivity index (χ1n) is 18.7. The molecule has 0 amide bonds. The molecule has 2 aromatic heterocycles. The van der Waals surface area contributed by atoms with Crippen molar-refractivity contribution in [3.63, 3.8) is 0 Å². The lowest BCUT2D eigenvalue weighted by Crippen LogP contribution is -2.10. The van der Waals surface area contributed by atoms with Crippen LogP contribution in [0, 0.1) is 0 Å². The van der Waals surface area contributed by atoms with Crippen LogP contribution in [0.15, 0.2) is 205 Å². The highest BCUT2D eigenvalue weighted by Gasteiger charge is 2.17. The average Bonchev–Trinajstić information content (AvgIpc) is 3.83. The lowest BCUT2D eigenvalue weighted by molar-refractivity contribution is 0.673. The number of furan rings is 1. The maximum absolute atomic E-state index is 6.53. The Morgan fingerprint density at radius 3 is 1.82 bits per heavy atom. The van der Waals surface area contributed by atoms with Gasteiger partial charge in [0.15, 0.2) is 0 Å². The summed E-state index contributed by atoms with van der Waals surface area (Å²) >= 11 is 1.87. The lowest BCUT2D eigenvalue weighted by atomic mass is 10.0. The van der Waals surface area contributed by atoms with Crippen LogP contribution in [0.1, 0.15) is 0 Å². The molecule has 2 heterocycles. The van der Waals surface area contributed by atoms with Crippen molar-refractivity contribution in [2.45, 2.75) is 0 Å². The van der Waals surface area contributed by atoms with E-state index in [-0.39, 0.29) is 0 Å². The van der Waals surface area contributed by atoms with Crippen LogP contribution in [0.4, 0.5) is 17.1 Å². The van der Waals surface area contributed by atoms with Gasteiger partial charge in [0, 0.05) is 53.4 Å². The largest absolute Gasteiger partial charge is 0.455 e. The van der Waals surface area contributed by atoms with E-state index in [9.17, 15) is 0 Å². The second kappa shape index (κ2) is 12.9. The Hall–Kier alpha value is -6.94. The van der Waals surface area contributed by atoms with Gasteiger partial charge in [-0.3, -0.25) is 0 Å². The molecule has 0 atom stereocenters. The topological polar surface area (TPSA) is 16.4 Å².